The van der Waals surface area contributed by atoms with Gasteiger partial charge in [-0.05, 0) is 29.8 Å². The molecule has 4 rings (SSSR count). The van der Waals surface area contributed by atoms with E-state index in [2.05, 4.69) is 4.90 Å². The minimum Gasteiger partial charge on any atom is -0.377 e. The van der Waals surface area contributed by atoms with Gasteiger partial charge >= 0.3 is 0 Å². The lowest BCUT2D eigenvalue weighted by Crippen LogP contribution is -2.60. The number of morpholine rings is 1. The van der Waals surface area contributed by atoms with Crippen LogP contribution in [0.4, 0.5) is 10.1 Å². The van der Waals surface area contributed by atoms with E-state index in [-0.39, 0.29) is 18.3 Å². The lowest BCUT2D eigenvalue weighted by Gasteiger charge is -2.43. The van der Waals surface area contributed by atoms with E-state index in [0.29, 0.717) is 32.8 Å². The van der Waals surface area contributed by atoms with Gasteiger partial charge in [0.1, 0.15) is 18.0 Å². The van der Waals surface area contributed by atoms with Crippen LogP contribution in [-0.2, 0) is 20.8 Å². The molecule has 0 radical (unpaired) electrons. The molecule has 142 valence electrons. The molecule has 1 amide bonds. The number of halogens is 1. The molecule has 0 bridgehead atoms. The van der Waals surface area contributed by atoms with Crippen LogP contribution in [0.2, 0.25) is 0 Å². The zero-order valence-electron chi connectivity index (χ0n) is 15.1. The van der Waals surface area contributed by atoms with E-state index in [4.69, 9.17) is 9.47 Å². The van der Waals surface area contributed by atoms with E-state index in [9.17, 15) is 9.18 Å². The van der Waals surface area contributed by atoms with Crippen molar-refractivity contribution in [3.63, 3.8) is 0 Å². The van der Waals surface area contributed by atoms with Gasteiger partial charge in [0, 0.05) is 25.3 Å². The maximum Gasteiger partial charge on any atom is 0.253 e. The van der Waals surface area contributed by atoms with Gasteiger partial charge in [0.2, 0.25) is 0 Å². The number of carbonyl (C=O) groups is 1. The van der Waals surface area contributed by atoms with Crippen LogP contribution in [0.3, 0.4) is 0 Å². The van der Waals surface area contributed by atoms with Crippen molar-refractivity contribution in [1.82, 2.24) is 4.90 Å². The average Bonchev–Trinajstić information content (AvgIpc) is 2.89. The standard InChI is InChI=1S/C21H23FN2O3/c22-18-8-6-17(7-9-18)12-23-10-11-26-16-21(14-23)15-24(20(25)13-27-21)19-4-2-1-3-5-19/h1-9H,10-16H2/t21-/m1/s1. The van der Waals surface area contributed by atoms with E-state index in [1.165, 1.54) is 12.1 Å². The summed E-state index contributed by atoms with van der Waals surface area (Å²) in [5.41, 5.74) is 1.35. The SMILES string of the molecule is O=C1CO[C@@]2(COCCN(Cc3ccc(F)cc3)C2)CN1c1ccccc1. The number of anilines is 1. The first kappa shape index (κ1) is 18.1. The van der Waals surface area contributed by atoms with Crippen LogP contribution in [0.25, 0.3) is 0 Å². The Morgan fingerprint density at radius 3 is 2.59 bits per heavy atom. The van der Waals surface area contributed by atoms with Gasteiger partial charge < -0.3 is 14.4 Å². The Hall–Kier alpha value is -2.28. The van der Waals surface area contributed by atoms with Crippen LogP contribution in [0, 0.1) is 5.82 Å². The van der Waals surface area contributed by atoms with Crippen molar-refractivity contribution in [1.29, 1.82) is 0 Å². The number of hydrogen-bond acceptors (Lipinski definition) is 4. The number of benzene rings is 2. The van der Waals surface area contributed by atoms with Crippen LogP contribution in [0.15, 0.2) is 54.6 Å². The van der Waals surface area contributed by atoms with Crippen LogP contribution in [0.5, 0.6) is 0 Å². The van der Waals surface area contributed by atoms with Gasteiger partial charge in [0.25, 0.3) is 5.91 Å². The molecular formula is C21H23FN2O3. The number of amides is 1. The maximum atomic E-state index is 13.2. The Kier molecular flexibility index (Phi) is 5.20. The predicted octanol–water partition coefficient (Wildman–Crippen LogP) is 2.46. The van der Waals surface area contributed by atoms with Gasteiger partial charge in [-0.3, -0.25) is 9.69 Å². The van der Waals surface area contributed by atoms with Crippen molar-refractivity contribution in [3.8, 4) is 0 Å². The molecule has 1 spiro atoms. The first-order valence-corrected chi connectivity index (χ1v) is 9.18. The van der Waals surface area contributed by atoms with Crippen molar-refractivity contribution >= 4 is 11.6 Å². The van der Waals surface area contributed by atoms with Crippen LogP contribution < -0.4 is 4.90 Å². The summed E-state index contributed by atoms with van der Waals surface area (Å²) < 4.78 is 25.0. The molecule has 2 aliphatic heterocycles. The maximum absolute atomic E-state index is 13.2. The molecule has 2 saturated heterocycles. The number of carbonyl (C=O) groups excluding carboxylic acids is 1. The molecule has 6 heteroatoms. The highest BCUT2D eigenvalue weighted by Crippen LogP contribution is 2.27. The Morgan fingerprint density at radius 1 is 1.04 bits per heavy atom. The van der Waals surface area contributed by atoms with Crippen molar-refractivity contribution in [2.45, 2.75) is 12.1 Å². The molecule has 0 aliphatic carbocycles. The number of hydrogen-bond donors (Lipinski definition) is 0. The highest BCUT2D eigenvalue weighted by Gasteiger charge is 2.43. The number of rotatable bonds is 3. The summed E-state index contributed by atoms with van der Waals surface area (Å²) in [5, 5.41) is 0. The predicted molar refractivity (Wildman–Crippen MR) is 100.0 cm³/mol. The third kappa shape index (κ3) is 4.18. The topological polar surface area (TPSA) is 42.0 Å². The smallest absolute Gasteiger partial charge is 0.253 e. The minimum absolute atomic E-state index is 0.0406. The molecule has 2 fully saturated rings. The summed E-state index contributed by atoms with van der Waals surface area (Å²) in [6.45, 7) is 3.66. The van der Waals surface area contributed by atoms with E-state index in [1.807, 2.05) is 30.3 Å². The molecule has 0 saturated carbocycles. The molecule has 1 atom stereocenters. The summed E-state index contributed by atoms with van der Waals surface area (Å²) >= 11 is 0. The second-order valence-electron chi connectivity index (χ2n) is 7.18. The second kappa shape index (κ2) is 7.76. The normalized spacial score (nSPS) is 24.2. The van der Waals surface area contributed by atoms with Crippen LogP contribution in [-0.4, -0.2) is 55.9 Å². The van der Waals surface area contributed by atoms with Gasteiger partial charge in [-0.2, -0.15) is 0 Å². The molecule has 5 nitrogen and oxygen atoms in total. The number of nitrogens with zero attached hydrogens (tertiary/aromatic N) is 2. The lowest BCUT2D eigenvalue weighted by atomic mass is 10.0. The molecule has 2 aliphatic rings. The van der Waals surface area contributed by atoms with E-state index < -0.39 is 5.60 Å². The fourth-order valence-electron chi connectivity index (χ4n) is 3.71. The molecule has 2 aromatic carbocycles. The minimum atomic E-state index is -0.569. The Morgan fingerprint density at radius 2 is 1.81 bits per heavy atom. The molecule has 0 N–H and O–H groups in total. The Bertz CT molecular complexity index is 784. The fraction of sp³-hybridized carbons (Fsp3) is 0.381. The van der Waals surface area contributed by atoms with Gasteiger partial charge in [0.15, 0.2) is 0 Å². The van der Waals surface area contributed by atoms with E-state index >= 15 is 0 Å². The Balaban J connectivity index is 1.52. The van der Waals surface area contributed by atoms with Crippen LogP contribution in [0.1, 0.15) is 5.56 Å². The molecule has 2 aromatic rings. The van der Waals surface area contributed by atoms with Crippen molar-refractivity contribution in [3.05, 3.63) is 66.0 Å². The summed E-state index contributed by atoms with van der Waals surface area (Å²) in [4.78, 5) is 16.5. The van der Waals surface area contributed by atoms with E-state index in [1.54, 1.807) is 17.0 Å². The summed E-state index contributed by atoms with van der Waals surface area (Å²) in [5.74, 6) is -0.275. The molecular weight excluding hydrogens is 347 g/mol. The summed E-state index contributed by atoms with van der Waals surface area (Å²) in [6, 6.07) is 16.2. The van der Waals surface area contributed by atoms with Gasteiger partial charge in [-0.1, -0.05) is 30.3 Å². The molecule has 2 heterocycles. The van der Waals surface area contributed by atoms with E-state index in [0.717, 1.165) is 17.8 Å². The highest BCUT2D eigenvalue weighted by molar-refractivity contribution is 5.95. The average molecular weight is 370 g/mol. The van der Waals surface area contributed by atoms with Gasteiger partial charge in [-0.25, -0.2) is 4.39 Å². The Labute approximate surface area is 158 Å². The first-order chi connectivity index (χ1) is 13.1. The summed E-state index contributed by atoms with van der Waals surface area (Å²) in [6.07, 6.45) is 0. The third-order valence-corrected chi connectivity index (χ3v) is 5.07. The van der Waals surface area contributed by atoms with Crippen molar-refractivity contribution in [2.75, 3.05) is 44.4 Å². The largest absolute Gasteiger partial charge is 0.377 e. The number of para-hydroxylation sites is 1. The van der Waals surface area contributed by atoms with Crippen LogP contribution >= 0.6 is 0 Å². The van der Waals surface area contributed by atoms with Crippen molar-refractivity contribution in [2.24, 2.45) is 0 Å². The molecule has 0 unspecified atom stereocenters. The van der Waals surface area contributed by atoms with Crippen molar-refractivity contribution < 1.29 is 18.7 Å². The molecule has 0 aromatic heterocycles. The third-order valence-electron chi connectivity index (χ3n) is 5.07. The fourth-order valence-corrected chi connectivity index (χ4v) is 3.71. The lowest BCUT2D eigenvalue weighted by molar-refractivity contribution is -0.146. The summed E-state index contributed by atoms with van der Waals surface area (Å²) in [7, 11) is 0. The number of ether oxygens (including phenoxy) is 2. The highest BCUT2D eigenvalue weighted by atomic mass is 19.1. The second-order valence-corrected chi connectivity index (χ2v) is 7.18. The zero-order valence-corrected chi connectivity index (χ0v) is 15.1. The van der Waals surface area contributed by atoms with Gasteiger partial charge in [-0.15, -0.1) is 0 Å². The zero-order chi connectivity index (χ0) is 18.7. The monoisotopic (exact) mass is 370 g/mol. The molecule has 27 heavy (non-hydrogen) atoms. The first-order valence-electron chi connectivity index (χ1n) is 9.18. The van der Waals surface area contributed by atoms with Gasteiger partial charge in [0.05, 0.1) is 19.8 Å². The quantitative estimate of drug-likeness (QED) is 0.832.